The van der Waals surface area contributed by atoms with E-state index >= 15 is 0 Å². The fourth-order valence-electron chi connectivity index (χ4n) is 4.69. The average molecular weight is 653 g/mol. The maximum Gasteiger partial charge on any atom is 0.339 e. The predicted molar refractivity (Wildman–Crippen MR) is 163 cm³/mol. The van der Waals surface area contributed by atoms with Gasteiger partial charge >= 0.3 is 5.97 Å². The first-order valence-corrected chi connectivity index (χ1v) is 14.5. The third kappa shape index (κ3) is 6.67. The minimum Gasteiger partial charge on any atom is -0.457 e. The highest BCUT2D eigenvalue weighted by molar-refractivity contribution is 6.37. The molecule has 1 aliphatic heterocycles. The number of hydrogen-bond donors (Lipinski definition) is 1. The highest BCUT2D eigenvalue weighted by atomic mass is 35.5. The number of nitrogens with zero attached hydrogens (tertiary/aromatic N) is 3. The number of benzene rings is 3. The van der Waals surface area contributed by atoms with E-state index < -0.39 is 18.0 Å². The molecule has 0 spiro atoms. The van der Waals surface area contributed by atoms with Crippen molar-refractivity contribution in [3.8, 4) is 16.9 Å². The maximum absolute atomic E-state index is 13.5. The molecule has 7 nitrogen and oxygen atoms in total. The fourth-order valence-corrected chi connectivity index (χ4v) is 5.79. The van der Waals surface area contributed by atoms with Gasteiger partial charge in [0.2, 0.25) is 0 Å². The van der Waals surface area contributed by atoms with Crippen LogP contribution in [-0.2, 0) is 4.74 Å². The van der Waals surface area contributed by atoms with Crippen LogP contribution >= 0.6 is 58.0 Å². The predicted octanol–water partition coefficient (Wildman–Crippen LogP) is 8.08. The number of hydrogen-bond acceptors (Lipinski definition) is 5. The largest absolute Gasteiger partial charge is 0.457 e. The van der Waals surface area contributed by atoms with Gasteiger partial charge in [-0.25, -0.2) is 14.5 Å². The number of carbonyl (C=O) groups excluding carboxylic acids is 2. The second-order valence-electron chi connectivity index (χ2n) is 9.52. The molecule has 3 aromatic carbocycles. The summed E-state index contributed by atoms with van der Waals surface area (Å²) in [4.78, 5) is 26.3. The lowest BCUT2D eigenvalue weighted by atomic mass is 10.1. The van der Waals surface area contributed by atoms with Crippen molar-refractivity contribution in [1.82, 2.24) is 20.2 Å². The number of carbonyl (C=O) groups is 2. The lowest BCUT2D eigenvalue weighted by Gasteiger charge is -2.32. The second kappa shape index (κ2) is 12.6. The van der Waals surface area contributed by atoms with Crippen molar-refractivity contribution < 1.29 is 14.3 Å². The van der Waals surface area contributed by atoms with E-state index in [1.165, 1.54) is 12.1 Å². The van der Waals surface area contributed by atoms with Crippen LogP contribution in [0.4, 0.5) is 0 Å². The van der Waals surface area contributed by atoms with Crippen molar-refractivity contribution in [2.75, 3.05) is 13.1 Å². The van der Waals surface area contributed by atoms with Crippen molar-refractivity contribution in [2.24, 2.45) is 0 Å². The van der Waals surface area contributed by atoms with Crippen LogP contribution in [0.25, 0.3) is 16.9 Å². The molecule has 1 N–H and O–H groups in total. The zero-order chi connectivity index (χ0) is 29.3. The first-order valence-electron chi connectivity index (χ1n) is 12.6. The van der Waals surface area contributed by atoms with Crippen molar-refractivity contribution >= 4 is 69.9 Å². The molecule has 0 saturated carbocycles. The molecule has 0 aliphatic carbocycles. The van der Waals surface area contributed by atoms with Gasteiger partial charge in [-0.15, -0.1) is 0 Å². The summed E-state index contributed by atoms with van der Waals surface area (Å²) >= 11 is 30.9. The van der Waals surface area contributed by atoms with Crippen molar-refractivity contribution in [3.05, 3.63) is 103 Å². The van der Waals surface area contributed by atoms with E-state index in [1.807, 2.05) is 19.1 Å². The van der Waals surface area contributed by atoms with Gasteiger partial charge in [-0.3, -0.25) is 10.2 Å². The third-order valence-corrected chi connectivity index (χ3v) is 7.99. The van der Waals surface area contributed by atoms with Gasteiger partial charge in [0.25, 0.3) is 5.91 Å². The van der Waals surface area contributed by atoms with Gasteiger partial charge in [-0.2, -0.15) is 5.10 Å². The Hall–Kier alpha value is -2.78. The van der Waals surface area contributed by atoms with Gasteiger partial charge in [0.15, 0.2) is 5.69 Å². The Bertz CT molecular complexity index is 1620. The molecule has 5 rings (SSSR count). The zero-order valence-corrected chi connectivity index (χ0v) is 25.4. The van der Waals surface area contributed by atoms with Crippen LogP contribution in [0, 0.1) is 6.92 Å². The van der Waals surface area contributed by atoms with Gasteiger partial charge in [-0.1, -0.05) is 70.1 Å². The maximum atomic E-state index is 13.5. The Labute approximate surface area is 261 Å². The van der Waals surface area contributed by atoms with Crippen molar-refractivity contribution in [1.29, 1.82) is 0 Å². The summed E-state index contributed by atoms with van der Waals surface area (Å²) in [6.07, 6.45) is 0.905. The SMILES string of the molecule is Cc1c(C(=O)NN2CCC[C@H](OC(=O)c3ccc(Cl)cc3Cl)C2)nn(-c2ccc(Cl)cc2Cl)c1-c1ccc(Cl)cc1. The Morgan fingerprint density at radius 2 is 1.56 bits per heavy atom. The first kappa shape index (κ1) is 29.7. The number of esters is 1. The van der Waals surface area contributed by atoms with Crippen LogP contribution in [0.15, 0.2) is 60.7 Å². The molecule has 1 atom stereocenters. The number of nitrogens with one attached hydrogen (secondary N) is 1. The van der Waals surface area contributed by atoms with E-state index in [4.69, 9.17) is 62.7 Å². The zero-order valence-electron chi connectivity index (χ0n) is 21.6. The summed E-state index contributed by atoms with van der Waals surface area (Å²) in [5.41, 5.74) is 6.06. The standard InChI is InChI=1S/C29H23Cl5N4O3/c1-16-26(35-38(25-11-9-20(32)14-24(25)34)27(16)17-4-6-18(30)7-5-17)28(39)36-37-12-2-3-21(15-37)41-29(40)22-10-8-19(31)13-23(22)33/h4-11,13-14,21H,2-3,12,15H2,1H3,(H,36,39)/t21-/m0/s1. The van der Waals surface area contributed by atoms with Gasteiger partial charge in [-0.05, 0) is 68.3 Å². The number of aromatic nitrogens is 2. The van der Waals surface area contributed by atoms with E-state index in [1.54, 1.807) is 46.1 Å². The second-order valence-corrected chi connectivity index (χ2v) is 11.6. The molecule has 1 amide bonds. The lowest BCUT2D eigenvalue weighted by Crippen LogP contribution is -2.50. The molecule has 2 heterocycles. The molecule has 0 unspecified atom stereocenters. The van der Waals surface area contributed by atoms with Crippen molar-refractivity contribution in [2.45, 2.75) is 25.9 Å². The van der Waals surface area contributed by atoms with Crippen molar-refractivity contribution in [3.63, 3.8) is 0 Å². The Kier molecular flexibility index (Phi) is 9.14. The summed E-state index contributed by atoms with van der Waals surface area (Å²) in [5.74, 6) is -0.957. The van der Waals surface area contributed by atoms with E-state index in [0.29, 0.717) is 63.0 Å². The fraction of sp³-hybridized carbons (Fsp3) is 0.207. The molecule has 0 bridgehead atoms. The molecule has 4 aromatic rings. The molecule has 12 heteroatoms. The van der Waals surface area contributed by atoms with Gasteiger partial charge in [0, 0.05) is 32.7 Å². The molecule has 1 saturated heterocycles. The summed E-state index contributed by atoms with van der Waals surface area (Å²) in [7, 11) is 0. The Morgan fingerprint density at radius 3 is 2.24 bits per heavy atom. The minimum absolute atomic E-state index is 0.215. The molecule has 0 radical (unpaired) electrons. The molecule has 1 aliphatic rings. The van der Waals surface area contributed by atoms with E-state index in [0.717, 1.165) is 5.56 Å². The highest BCUT2D eigenvalue weighted by Gasteiger charge is 2.28. The third-order valence-electron chi connectivity index (χ3n) is 6.66. The number of hydrazine groups is 1. The van der Waals surface area contributed by atoms with Crippen LogP contribution in [-0.4, -0.2) is 45.9 Å². The van der Waals surface area contributed by atoms with Crippen LogP contribution < -0.4 is 5.43 Å². The van der Waals surface area contributed by atoms with E-state index in [-0.39, 0.29) is 16.3 Å². The number of halogens is 5. The monoisotopic (exact) mass is 650 g/mol. The van der Waals surface area contributed by atoms with E-state index in [9.17, 15) is 9.59 Å². The lowest BCUT2D eigenvalue weighted by molar-refractivity contribution is -0.00203. The topological polar surface area (TPSA) is 76.5 Å². The average Bonchev–Trinajstić information content (AvgIpc) is 3.26. The van der Waals surface area contributed by atoms with Crippen LogP contribution in [0.1, 0.15) is 39.3 Å². The number of rotatable bonds is 6. The smallest absolute Gasteiger partial charge is 0.339 e. The number of ether oxygens (including phenoxy) is 1. The molecular weight excluding hydrogens is 630 g/mol. The molecular formula is C29H23Cl5N4O3. The van der Waals surface area contributed by atoms with Crippen LogP contribution in [0.5, 0.6) is 0 Å². The highest BCUT2D eigenvalue weighted by Crippen LogP contribution is 2.33. The number of amides is 1. The van der Waals surface area contributed by atoms with E-state index in [2.05, 4.69) is 10.5 Å². The Balaban J connectivity index is 1.38. The van der Waals surface area contributed by atoms with Gasteiger partial charge in [0.1, 0.15) is 6.10 Å². The quantitative estimate of drug-likeness (QED) is 0.213. The molecule has 41 heavy (non-hydrogen) atoms. The molecule has 1 aromatic heterocycles. The summed E-state index contributed by atoms with van der Waals surface area (Å²) in [6.45, 7) is 2.70. The Morgan fingerprint density at radius 1 is 0.902 bits per heavy atom. The summed E-state index contributed by atoms with van der Waals surface area (Å²) < 4.78 is 7.32. The first-order chi connectivity index (χ1) is 19.6. The molecule has 1 fully saturated rings. The van der Waals surface area contributed by atoms with Gasteiger partial charge < -0.3 is 4.74 Å². The van der Waals surface area contributed by atoms with Crippen LogP contribution in [0.2, 0.25) is 25.1 Å². The summed E-state index contributed by atoms with van der Waals surface area (Å²) in [5, 5.41) is 8.47. The minimum atomic E-state index is -0.549. The van der Waals surface area contributed by atoms with Gasteiger partial charge in [0.05, 0.1) is 33.5 Å². The van der Waals surface area contributed by atoms with Crippen LogP contribution in [0.3, 0.4) is 0 Å². The number of piperidine rings is 1. The normalized spacial score (nSPS) is 15.5. The molecule has 212 valence electrons. The summed E-state index contributed by atoms with van der Waals surface area (Å²) in [6, 6.07) is 16.9.